The van der Waals surface area contributed by atoms with E-state index in [-0.39, 0.29) is 6.54 Å². The number of aromatic nitrogens is 1. The standard InChI is InChI=1S/C20H17N3O3/c24-19(20(25)23-16-5-4-12-21-14-16)22-13-15-8-10-18(11-9-15)26-17-6-2-1-3-7-17/h1-12,14H,13H2,(H,22,24)(H,23,25). The maximum absolute atomic E-state index is 11.9. The van der Waals surface area contributed by atoms with E-state index >= 15 is 0 Å². The van der Waals surface area contributed by atoms with Crippen LogP contribution in [0, 0.1) is 0 Å². The molecule has 0 aliphatic heterocycles. The Kier molecular flexibility index (Phi) is 5.57. The van der Waals surface area contributed by atoms with Crippen molar-refractivity contribution in [3.8, 4) is 11.5 Å². The van der Waals surface area contributed by atoms with E-state index in [0.29, 0.717) is 11.4 Å². The van der Waals surface area contributed by atoms with Crippen molar-refractivity contribution in [2.24, 2.45) is 0 Å². The van der Waals surface area contributed by atoms with Gasteiger partial charge in [0.15, 0.2) is 0 Å². The fourth-order valence-corrected chi connectivity index (χ4v) is 2.19. The summed E-state index contributed by atoms with van der Waals surface area (Å²) in [6, 6.07) is 20.1. The first kappa shape index (κ1) is 17.2. The third kappa shape index (κ3) is 4.91. The van der Waals surface area contributed by atoms with E-state index in [9.17, 15) is 9.59 Å². The number of nitrogens with one attached hydrogen (secondary N) is 2. The first-order valence-corrected chi connectivity index (χ1v) is 8.02. The Labute approximate surface area is 150 Å². The fourth-order valence-electron chi connectivity index (χ4n) is 2.19. The zero-order valence-electron chi connectivity index (χ0n) is 13.9. The van der Waals surface area contributed by atoms with Crippen LogP contribution in [-0.2, 0) is 16.1 Å². The van der Waals surface area contributed by atoms with Crippen LogP contribution >= 0.6 is 0 Å². The summed E-state index contributed by atoms with van der Waals surface area (Å²) in [6.45, 7) is 0.241. The van der Waals surface area contributed by atoms with E-state index < -0.39 is 11.8 Å². The second-order valence-corrected chi connectivity index (χ2v) is 5.44. The minimum atomic E-state index is -0.734. The van der Waals surface area contributed by atoms with Crippen LogP contribution in [0.4, 0.5) is 5.69 Å². The lowest BCUT2D eigenvalue weighted by Crippen LogP contribution is -2.34. The Morgan fingerprint density at radius 2 is 1.58 bits per heavy atom. The van der Waals surface area contributed by atoms with Crippen molar-refractivity contribution in [3.63, 3.8) is 0 Å². The maximum Gasteiger partial charge on any atom is 0.313 e. The van der Waals surface area contributed by atoms with Crippen LogP contribution in [0.3, 0.4) is 0 Å². The van der Waals surface area contributed by atoms with E-state index in [4.69, 9.17) is 4.74 Å². The highest BCUT2D eigenvalue weighted by Crippen LogP contribution is 2.21. The van der Waals surface area contributed by atoms with Gasteiger partial charge in [-0.25, -0.2) is 0 Å². The van der Waals surface area contributed by atoms with Crippen molar-refractivity contribution in [2.45, 2.75) is 6.54 Å². The second-order valence-electron chi connectivity index (χ2n) is 5.44. The molecule has 6 heteroatoms. The molecule has 2 aromatic carbocycles. The highest BCUT2D eigenvalue weighted by Gasteiger charge is 2.13. The predicted molar refractivity (Wildman–Crippen MR) is 97.7 cm³/mol. The lowest BCUT2D eigenvalue weighted by atomic mass is 10.2. The van der Waals surface area contributed by atoms with Gasteiger partial charge in [-0.15, -0.1) is 0 Å². The van der Waals surface area contributed by atoms with Gasteiger partial charge in [-0.2, -0.15) is 0 Å². The van der Waals surface area contributed by atoms with Crippen molar-refractivity contribution in [1.82, 2.24) is 10.3 Å². The number of nitrogens with zero attached hydrogens (tertiary/aromatic N) is 1. The topological polar surface area (TPSA) is 80.3 Å². The largest absolute Gasteiger partial charge is 0.457 e. The van der Waals surface area contributed by atoms with Gasteiger partial charge in [0.05, 0.1) is 11.9 Å². The number of rotatable bonds is 5. The Hall–Kier alpha value is -3.67. The monoisotopic (exact) mass is 347 g/mol. The summed E-state index contributed by atoms with van der Waals surface area (Å²) in [6.07, 6.45) is 3.05. The normalized spacial score (nSPS) is 10.0. The van der Waals surface area contributed by atoms with Gasteiger partial charge in [-0.3, -0.25) is 14.6 Å². The number of amides is 2. The number of anilines is 1. The molecule has 2 amide bonds. The van der Waals surface area contributed by atoms with Gasteiger partial charge in [0.2, 0.25) is 0 Å². The van der Waals surface area contributed by atoms with E-state index in [2.05, 4.69) is 15.6 Å². The van der Waals surface area contributed by atoms with Crippen molar-refractivity contribution < 1.29 is 14.3 Å². The molecule has 3 rings (SSSR count). The number of carbonyl (C=O) groups excluding carboxylic acids is 2. The summed E-state index contributed by atoms with van der Waals surface area (Å²) < 4.78 is 5.71. The molecule has 1 heterocycles. The fraction of sp³-hybridized carbons (Fsp3) is 0.0500. The van der Waals surface area contributed by atoms with Crippen LogP contribution in [-0.4, -0.2) is 16.8 Å². The Bertz CT molecular complexity index is 866. The number of ether oxygens (including phenoxy) is 1. The molecule has 0 fully saturated rings. The SMILES string of the molecule is O=C(NCc1ccc(Oc2ccccc2)cc1)C(=O)Nc1cccnc1. The molecule has 26 heavy (non-hydrogen) atoms. The van der Waals surface area contributed by atoms with Gasteiger partial charge < -0.3 is 15.4 Å². The summed E-state index contributed by atoms with van der Waals surface area (Å²) in [5, 5.41) is 5.06. The molecule has 130 valence electrons. The first-order chi connectivity index (χ1) is 12.7. The number of hydrogen-bond donors (Lipinski definition) is 2. The lowest BCUT2D eigenvalue weighted by molar-refractivity contribution is -0.136. The summed E-state index contributed by atoms with van der Waals surface area (Å²) in [5.74, 6) is 0.00159. The molecule has 0 saturated heterocycles. The van der Waals surface area contributed by atoms with E-state index in [0.717, 1.165) is 11.3 Å². The van der Waals surface area contributed by atoms with Crippen LogP contribution in [0.5, 0.6) is 11.5 Å². The van der Waals surface area contributed by atoms with E-state index in [1.165, 1.54) is 6.20 Å². The van der Waals surface area contributed by atoms with Crippen molar-refractivity contribution >= 4 is 17.5 Å². The quantitative estimate of drug-likeness (QED) is 0.695. The summed E-state index contributed by atoms with van der Waals surface area (Å²) in [7, 11) is 0. The minimum absolute atomic E-state index is 0.241. The van der Waals surface area contributed by atoms with Gasteiger partial charge in [-0.05, 0) is 42.0 Å². The molecule has 6 nitrogen and oxygen atoms in total. The number of hydrogen-bond acceptors (Lipinski definition) is 4. The number of carbonyl (C=O) groups is 2. The van der Waals surface area contributed by atoms with Crippen LogP contribution < -0.4 is 15.4 Å². The van der Waals surface area contributed by atoms with Crippen molar-refractivity contribution in [2.75, 3.05) is 5.32 Å². The molecular formula is C20H17N3O3. The third-order valence-electron chi connectivity index (χ3n) is 3.48. The van der Waals surface area contributed by atoms with Crippen LogP contribution in [0.15, 0.2) is 79.1 Å². The number of pyridine rings is 1. The predicted octanol–water partition coefficient (Wildman–Crippen LogP) is 3.13. The third-order valence-corrected chi connectivity index (χ3v) is 3.48. The van der Waals surface area contributed by atoms with Gasteiger partial charge >= 0.3 is 11.8 Å². The highest BCUT2D eigenvalue weighted by molar-refractivity contribution is 6.39. The highest BCUT2D eigenvalue weighted by atomic mass is 16.5. The lowest BCUT2D eigenvalue weighted by Gasteiger charge is -2.08. The average molecular weight is 347 g/mol. The molecule has 0 atom stereocenters. The molecule has 0 radical (unpaired) electrons. The Morgan fingerprint density at radius 3 is 2.27 bits per heavy atom. The van der Waals surface area contributed by atoms with Gasteiger partial charge in [0, 0.05) is 12.7 Å². The first-order valence-electron chi connectivity index (χ1n) is 8.02. The second kappa shape index (κ2) is 8.43. The molecular weight excluding hydrogens is 330 g/mol. The molecule has 2 N–H and O–H groups in total. The summed E-state index contributed by atoms with van der Waals surface area (Å²) >= 11 is 0. The van der Waals surface area contributed by atoms with Gasteiger partial charge in [0.1, 0.15) is 11.5 Å². The molecule has 0 aliphatic rings. The molecule has 1 aromatic heterocycles. The number of benzene rings is 2. The zero-order valence-corrected chi connectivity index (χ0v) is 13.9. The molecule has 0 spiro atoms. The van der Waals surface area contributed by atoms with Crippen molar-refractivity contribution in [3.05, 3.63) is 84.7 Å². The smallest absolute Gasteiger partial charge is 0.313 e. The van der Waals surface area contributed by atoms with Gasteiger partial charge in [0.25, 0.3) is 0 Å². The van der Waals surface area contributed by atoms with Crippen LogP contribution in [0.25, 0.3) is 0 Å². The van der Waals surface area contributed by atoms with Crippen LogP contribution in [0.2, 0.25) is 0 Å². The average Bonchev–Trinajstić information content (AvgIpc) is 2.69. The Morgan fingerprint density at radius 1 is 0.846 bits per heavy atom. The number of para-hydroxylation sites is 1. The van der Waals surface area contributed by atoms with E-state index in [1.54, 1.807) is 18.3 Å². The molecule has 0 saturated carbocycles. The van der Waals surface area contributed by atoms with Crippen molar-refractivity contribution in [1.29, 1.82) is 0 Å². The summed E-state index contributed by atoms with van der Waals surface area (Å²) in [5.41, 5.74) is 1.32. The van der Waals surface area contributed by atoms with Crippen LogP contribution in [0.1, 0.15) is 5.56 Å². The zero-order chi connectivity index (χ0) is 18.2. The molecule has 0 aliphatic carbocycles. The maximum atomic E-state index is 11.9. The van der Waals surface area contributed by atoms with Gasteiger partial charge in [-0.1, -0.05) is 30.3 Å². The minimum Gasteiger partial charge on any atom is -0.457 e. The Balaban J connectivity index is 1.49. The van der Waals surface area contributed by atoms with E-state index in [1.807, 2.05) is 54.6 Å². The molecule has 3 aromatic rings. The molecule has 0 bridgehead atoms. The molecule has 0 unspecified atom stereocenters. The summed E-state index contributed by atoms with van der Waals surface area (Å²) in [4.78, 5) is 27.6.